The van der Waals surface area contributed by atoms with E-state index in [2.05, 4.69) is 26.4 Å². The minimum Gasteiger partial charge on any atom is -0.397 e. The number of carbonyl (C=O) groups excluding carboxylic acids is 1. The Labute approximate surface area is 145 Å². The molecule has 0 spiro atoms. The summed E-state index contributed by atoms with van der Waals surface area (Å²) >= 11 is 4.59. The molecule has 23 heavy (non-hydrogen) atoms. The normalized spacial score (nSPS) is 10.7. The first kappa shape index (κ1) is 15.8. The number of fused-ring (bicyclic) bond motifs is 1. The Kier molecular flexibility index (Phi) is 4.23. The molecule has 0 radical (unpaired) electrons. The van der Waals surface area contributed by atoms with Gasteiger partial charge in [-0.05, 0) is 49.7 Å². The summed E-state index contributed by atoms with van der Waals surface area (Å²) < 4.78 is 0.944. The van der Waals surface area contributed by atoms with Crippen LogP contribution in [0.2, 0.25) is 0 Å². The fraction of sp³-hybridized carbons (Fsp3) is 0.125. The monoisotopic (exact) mass is 391 g/mol. The first-order valence-corrected chi connectivity index (χ1v) is 8.45. The van der Waals surface area contributed by atoms with Crippen LogP contribution >= 0.6 is 27.3 Å². The number of anilines is 2. The fourth-order valence-corrected chi connectivity index (χ4v) is 3.65. The maximum atomic E-state index is 12.3. The van der Waals surface area contributed by atoms with Crippen LogP contribution in [0.5, 0.6) is 0 Å². The van der Waals surface area contributed by atoms with Crippen LogP contribution in [0.4, 0.5) is 11.4 Å². The number of nitrogens with one attached hydrogen (secondary N) is 1. The van der Waals surface area contributed by atoms with E-state index in [1.807, 2.05) is 32.0 Å². The van der Waals surface area contributed by atoms with Gasteiger partial charge in [-0.25, -0.2) is 15.3 Å². The van der Waals surface area contributed by atoms with Crippen LogP contribution in [-0.2, 0) is 4.84 Å². The molecule has 0 fully saturated rings. The van der Waals surface area contributed by atoms with Crippen molar-refractivity contribution in [1.29, 1.82) is 0 Å². The maximum Gasteiger partial charge on any atom is 0.374 e. The van der Waals surface area contributed by atoms with Crippen LogP contribution in [0.15, 0.2) is 34.8 Å². The molecule has 3 aromatic rings. The van der Waals surface area contributed by atoms with Gasteiger partial charge in [-0.1, -0.05) is 15.9 Å². The molecule has 2 heterocycles. The molecule has 0 amide bonds. The lowest BCUT2D eigenvalue weighted by molar-refractivity contribution is 0.0603. The summed E-state index contributed by atoms with van der Waals surface area (Å²) in [5.74, 6) is -0.523. The van der Waals surface area contributed by atoms with E-state index in [0.29, 0.717) is 16.3 Å². The van der Waals surface area contributed by atoms with Gasteiger partial charge < -0.3 is 10.6 Å². The highest BCUT2D eigenvalue weighted by atomic mass is 79.9. The summed E-state index contributed by atoms with van der Waals surface area (Å²) in [6, 6.07) is 9.22. The maximum absolute atomic E-state index is 12.3. The Hall–Kier alpha value is -2.12. The number of hydrogen-bond donors (Lipinski definition) is 2. The van der Waals surface area contributed by atoms with Crippen LogP contribution in [0.3, 0.4) is 0 Å². The lowest BCUT2D eigenvalue weighted by Gasteiger charge is -2.06. The molecule has 3 N–H and O–H groups in total. The van der Waals surface area contributed by atoms with Crippen molar-refractivity contribution >= 4 is 54.8 Å². The molecule has 5 nitrogen and oxygen atoms in total. The molecule has 118 valence electrons. The SMILES string of the molecule is Cc1cc(C)c2c(N)c(C(=O)ONc3ccc(Br)cc3)sc2n1. The number of pyridine rings is 1. The topological polar surface area (TPSA) is 77.2 Å². The summed E-state index contributed by atoms with van der Waals surface area (Å²) in [5, 5.41) is 0.816. The van der Waals surface area contributed by atoms with E-state index in [1.54, 1.807) is 12.1 Å². The van der Waals surface area contributed by atoms with E-state index in [-0.39, 0.29) is 0 Å². The van der Waals surface area contributed by atoms with Gasteiger partial charge in [0.1, 0.15) is 9.71 Å². The zero-order chi connectivity index (χ0) is 16.6. The van der Waals surface area contributed by atoms with Gasteiger partial charge in [0.2, 0.25) is 0 Å². The second-order valence-corrected chi connectivity index (χ2v) is 7.02. The van der Waals surface area contributed by atoms with E-state index in [9.17, 15) is 4.79 Å². The van der Waals surface area contributed by atoms with Gasteiger partial charge in [0.15, 0.2) is 0 Å². The zero-order valence-corrected chi connectivity index (χ0v) is 14.9. The van der Waals surface area contributed by atoms with Crippen LogP contribution in [0.1, 0.15) is 20.9 Å². The third-order valence-corrected chi connectivity index (χ3v) is 4.92. The van der Waals surface area contributed by atoms with E-state index < -0.39 is 5.97 Å². The molecule has 0 aliphatic heterocycles. The van der Waals surface area contributed by atoms with Gasteiger partial charge in [-0.2, -0.15) is 0 Å². The fourth-order valence-electron chi connectivity index (χ4n) is 2.29. The van der Waals surface area contributed by atoms with Crippen LogP contribution in [0, 0.1) is 13.8 Å². The smallest absolute Gasteiger partial charge is 0.374 e. The van der Waals surface area contributed by atoms with Crippen LogP contribution in [0.25, 0.3) is 10.2 Å². The number of thiophene rings is 1. The number of carbonyl (C=O) groups is 1. The zero-order valence-electron chi connectivity index (χ0n) is 12.5. The van der Waals surface area contributed by atoms with Crippen molar-refractivity contribution < 1.29 is 9.63 Å². The molecule has 7 heteroatoms. The third-order valence-electron chi connectivity index (χ3n) is 3.32. The average molecular weight is 392 g/mol. The molecular formula is C16H14BrN3O2S. The molecule has 0 atom stereocenters. The average Bonchev–Trinajstić information content (AvgIpc) is 2.83. The lowest BCUT2D eigenvalue weighted by Crippen LogP contribution is -2.10. The number of aromatic nitrogens is 1. The standard InChI is InChI=1S/C16H14BrN3O2S/c1-8-7-9(2)19-15-12(8)13(18)14(23-15)16(21)22-20-11-5-3-10(17)4-6-11/h3-7,20H,18H2,1-2H3. The highest BCUT2D eigenvalue weighted by molar-refractivity contribution is 9.10. The van der Waals surface area contributed by atoms with Gasteiger partial charge in [0.25, 0.3) is 0 Å². The molecule has 0 saturated heterocycles. The van der Waals surface area contributed by atoms with Crippen molar-refractivity contribution in [2.24, 2.45) is 0 Å². The molecule has 3 rings (SSSR count). The Bertz CT molecular complexity index is 890. The second kappa shape index (κ2) is 6.17. The highest BCUT2D eigenvalue weighted by Crippen LogP contribution is 2.35. The number of aryl methyl sites for hydroxylation is 2. The van der Waals surface area contributed by atoms with Crippen molar-refractivity contribution in [2.45, 2.75) is 13.8 Å². The Morgan fingerprint density at radius 3 is 2.70 bits per heavy atom. The molecule has 2 aromatic heterocycles. The Morgan fingerprint density at radius 1 is 1.30 bits per heavy atom. The molecule has 0 unspecified atom stereocenters. The van der Waals surface area contributed by atoms with Gasteiger partial charge >= 0.3 is 5.97 Å². The van der Waals surface area contributed by atoms with E-state index in [0.717, 1.165) is 25.9 Å². The van der Waals surface area contributed by atoms with Gasteiger partial charge in [-0.3, -0.25) is 0 Å². The van der Waals surface area contributed by atoms with Crippen LogP contribution in [-0.4, -0.2) is 11.0 Å². The third kappa shape index (κ3) is 3.16. The number of nitrogens with two attached hydrogens (primary N) is 1. The summed E-state index contributed by atoms with van der Waals surface area (Å²) in [5.41, 5.74) is 11.7. The lowest BCUT2D eigenvalue weighted by atomic mass is 10.1. The Morgan fingerprint density at radius 2 is 2.00 bits per heavy atom. The summed E-state index contributed by atoms with van der Waals surface area (Å²) in [6.45, 7) is 3.87. The largest absolute Gasteiger partial charge is 0.397 e. The first-order chi connectivity index (χ1) is 11.0. The molecule has 1 aromatic carbocycles. The van der Waals surface area contributed by atoms with Crippen molar-refractivity contribution in [2.75, 3.05) is 11.2 Å². The molecular weight excluding hydrogens is 378 g/mol. The number of nitrogens with zero attached hydrogens (tertiary/aromatic N) is 1. The van der Waals surface area contributed by atoms with Gasteiger partial charge in [0, 0.05) is 15.6 Å². The number of hydrogen-bond acceptors (Lipinski definition) is 6. The summed E-state index contributed by atoms with van der Waals surface area (Å²) in [4.78, 5) is 22.9. The van der Waals surface area contributed by atoms with Crippen LogP contribution < -0.4 is 11.2 Å². The van der Waals surface area contributed by atoms with Crippen molar-refractivity contribution in [3.63, 3.8) is 0 Å². The summed E-state index contributed by atoms with van der Waals surface area (Å²) in [7, 11) is 0. The Balaban J connectivity index is 1.85. The van der Waals surface area contributed by atoms with Crippen molar-refractivity contribution in [3.8, 4) is 0 Å². The number of nitrogen functional groups attached to an aromatic ring is 1. The highest BCUT2D eigenvalue weighted by Gasteiger charge is 2.20. The minimum atomic E-state index is -0.523. The van der Waals surface area contributed by atoms with Gasteiger partial charge in [-0.15, -0.1) is 11.3 Å². The molecule has 0 aliphatic rings. The number of benzene rings is 1. The summed E-state index contributed by atoms with van der Waals surface area (Å²) in [6.07, 6.45) is 0. The quantitative estimate of drug-likeness (QED) is 0.645. The molecule has 0 saturated carbocycles. The molecule has 0 aliphatic carbocycles. The van der Waals surface area contributed by atoms with E-state index in [4.69, 9.17) is 10.6 Å². The number of halogens is 1. The minimum absolute atomic E-state index is 0.353. The predicted octanol–water partition coefficient (Wildman–Crippen LogP) is 4.44. The van der Waals surface area contributed by atoms with E-state index in [1.165, 1.54) is 11.3 Å². The van der Waals surface area contributed by atoms with Gasteiger partial charge in [0.05, 0.1) is 11.4 Å². The number of rotatable bonds is 3. The van der Waals surface area contributed by atoms with Crippen molar-refractivity contribution in [3.05, 3.63) is 50.9 Å². The predicted molar refractivity (Wildman–Crippen MR) is 96.7 cm³/mol. The second-order valence-electron chi connectivity index (χ2n) is 5.10. The van der Waals surface area contributed by atoms with E-state index >= 15 is 0 Å². The molecule has 0 bridgehead atoms. The first-order valence-electron chi connectivity index (χ1n) is 6.84. The van der Waals surface area contributed by atoms with Crippen molar-refractivity contribution in [1.82, 2.24) is 4.98 Å².